The molecule has 3 N–H and O–H groups in total. The molecule has 0 aliphatic heterocycles. The van der Waals surface area contributed by atoms with E-state index in [4.69, 9.17) is 5.73 Å². The summed E-state index contributed by atoms with van der Waals surface area (Å²) < 4.78 is 0. The molecule has 0 radical (unpaired) electrons. The van der Waals surface area contributed by atoms with Crippen molar-refractivity contribution < 1.29 is 5.11 Å². The third-order valence-corrected chi connectivity index (χ3v) is 4.21. The average molecular weight is 297 g/mol. The minimum Gasteiger partial charge on any atom is -0.508 e. The summed E-state index contributed by atoms with van der Waals surface area (Å²) in [6.07, 6.45) is 0.833. The third-order valence-electron chi connectivity index (χ3n) is 4.21. The van der Waals surface area contributed by atoms with Crippen molar-refractivity contribution in [2.45, 2.75) is 51.9 Å². The molecule has 0 bridgehead atoms. The lowest BCUT2D eigenvalue weighted by atomic mass is 9.77. The van der Waals surface area contributed by atoms with Crippen LogP contribution in [0.25, 0.3) is 0 Å². The first-order valence-electron chi connectivity index (χ1n) is 7.78. The van der Waals surface area contributed by atoms with Gasteiger partial charge in [-0.05, 0) is 46.1 Å². The molecule has 0 aliphatic carbocycles. The van der Waals surface area contributed by atoms with Gasteiger partial charge in [0.2, 0.25) is 0 Å². The lowest BCUT2D eigenvalue weighted by molar-refractivity contribution is 0.444. The Labute approximate surface area is 134 Å². The van der Waals surface area contributed by atoms with Crippen molar-refractivity contribution in [2.24, 2.45) is 0 Å². The highest BCUT2D eigenvalue weighted by atomic mass is 16.3. The van der Waals surface area contributed by atoms with Crippen LogP contribution >= 0.6 is 0 Å². The third kappa shape index (κ3) is 3.44. The van der Waals surface area contributed by atoms with Crippen LogP contribution in [-0.4, -0.2) is 5.11 Å². The second kappa shape index (κ2) is 5.68. The van der Waals surface area contributed by atoms with Crippen LogP contribution in [0, 0.1) is 0 Å². The largest absolute Gasteiger partial charge is 0.508 e. The van der Waals surface area contributed by atoms with Crippen molar-refractivity contribution in [3.05, 3.63) is 59.2 Å². The zero-order chi connectivity index (χ0) is 16.5. The minimum absolute atomic E-state index is 0.0536. The zero-order valence-electron chi connectivity index (χ0n) is 14.3. The van der Waals surface area contributed by atoms with Gasteiger partial charge < -0.3 is 10.8 Å². The van der Waals surface area contributed by atoms with Crippen LogP contribution in [0.4, 0.5) is 5.69 Å². The summed E-state index contributed by atoms with van der Waals surface area (Å²) in [5.41, 5.74) is 10.1. The van der Waals surface area contributed by atoms with Crippen molar-refractivity contribution in [3.8, 4) is 5.75 Å². The van der Waals surface area contributed by atoms with Crippen molar-refractivity contribution in [1.29, 1.82) is 0 Å². The molecule has 118 valence electrons. The molecular weight excluding hydrogens is 270 g/mol. The van der Waals surface area contributed by atoms with Gasteiger partial charge >= 0.3 is 0 Å². The molecule has 0 saturated carbocycles. The first-order chi connectivity index (χ1) is 10.1. The first-order valence-corrected chi connectivity index (χ1v) is 7.78. The second-order valence-electron chi connectivity index (χ2n) is 7.75. The van der Waals surface area contributed by atoms with Crippen LogP contribution in [0.2, 0.25) is 0 Å². The maximum atomic E-state index is 10.3. The van der Waals surface area contributed by atoms with Gasteiger partial charge in [0.1, 0.15) is 5.75 Å². The maximum Gasteiger partial charge on any atom is 0.119 e. The number of rotatable bonds is 3. The summed E-state index contributed by atoms with van der Waals surface area (Å²) in [6.45, 7) is 10.7. The van der Waals surface area contributed by atoms with E-state index in [1.165, 1.54) is 0 Å². The van der Waals surface area contributed by atoms with Gasteiger partial charge in [-0.15, -0.1) is 0 Å². The highest BCUT2D eigenvalue weighted by Crippen LogP contribution is 2.35. The summed E-state index contributed by atoms with van der Waals surface area (Å²) in [6, 6.07) is 14.0. The fourth-order valence-electron chi connectivity index (χ4n) is 3.04. The predicted molar refractivity (Wildman–Crippen MR) is 94.4 cm³/mol. The van der Waals surface area contributed by atoms with Crippen molar-refractivity contribution in [2.75, 3.05) is 5.73 Å². The molecule has 0 atom stereocenters. The zero-order valence-corrected chi connectivity index (χ0v) is 14.3. The molecule has 2 aromatic carbocycles. The smallest absolute Gasteiger partial charge is 0.119 e. The molecule has 2 nitrogen and oxygen atoms in total. The van der Waals surface area contributed by atoms with E-state index in [-0.39, 0.29) is 10.8 Å². The van der Waals surface area contributed by atoms with Crippen molar-refractivity contribution in [1.82, 2.24) is 0 Å². The lowest BCUT2D eigenvalue weighted by Gasteiger charge is -2.28. The van der Waals surface area contributed by atoms with E-state index in [1.54, 1.807) is 0 Å². The molecule has 2 aromatic rings. The average Bonchev–Trinajstić information content (AvgIpc) is 2.36. The molecular formula is C20H27NO. The topological polar surface area (TPSA) is 46.2 Å². The van der Waals surface area contributed by atoms with Crippen LogP contribution in [0.15, 0.2) is 42.5 Å². The molecule has 0 heterocycles. The summed E-state index contributed by atoms with van der Waals surface area (Å²) in [4.78, 5) is 0. The van der Waals surface area contributed by atoms with Gasteiger partial charge in [-0.1, -0.05) is 65.0 Å². The lowest BCUT2D eigenvalue weighted by Crippen LogP contribution is -2.22. The van der Waals surface area contributed by atoms with E-state index in [9.17, 15) is 5.11 Å². The highest BCUT2D eigenvalue weighted by molar-refractivity contribution is 5.51. The van der Waals surface area contributed by atoms with Gasteiger partial charge in [0.05, 0.1) is 0 Å². The number of para-hydroxylation sites is 1. The molecule has 0 aliphatic rings. The van der Waals surface area contributed by atoms with Gasteiger partial charge in [0.15, 0.2) is 0 Å². The molecule has 0 saturated heterocycles. The molecule has 22 heavy (non-hydrogen) atoms. The van der Waals surface area contributed by atoms with Gasteiger partial charge in [0, 0.05) is 5.69 Å². The normalized spacial score (nSPS) is 12.4. The summed E-state index contributed by atoms with van der Waals surface area (Å²) in [7, 11) is 0. The molecule has 0 unspecified atom stereocenters. The Hall–Kier alpha value is -1.96. The van der Waals surface area contributed by atoms with E-state index < -0.39 is 0 Å². The van der Waals surface area contributed by atoms with Gasteiger partial charge in [-0.25, -0.2) is 0 Å². The predicted octanol–water partition coefficient (Wildman–Crippen LogP) is 4.79. The summed E-state index contributed by atoms with van der Waals surface area (Å²) in [5.74, 6) is 0.377. The van der Waals surface area contributed by atoms with Crippen LogP contribution in [0.5, 0.6) is 5.75 Å². The van der Waals surface area contributed by atoms with Gasteiger partial charge in [-0.3, -0.25) is 0 Å². The number of hydrogen-bond donors (Lipinski definition) is 2. The van der Waals surface area contributed by atoms with E-state index >= 15 is 0 Å². The van der Waals surface area contributed by atoms with Crippen LogP contribution < -0.4 is 5.73 Å². The Bertz CT molecular complexity index is 666. The second-order valence-corrected chi connectivity index (χ2v) is 7.75. The first kappa shape index (κ1) is 16.4. The summed E-state index contributed by atoms with van der Waals surface area (Å²) >= 11 is 0. The van der Waals surface area contributed by atoms with Gasteiger partial charge in [0.25, 0.3) is 0 Å². The minimum atomic E-state index is -0.0823. The SMILES string of the molecule is CC(C)(C)c1ccc(CC(C)(C)c2ccccc2N)cc1O. The van der Waals surface area contributed by atoms with Crippen LogP contribution in [0.1, 0.15) is 51.3 Å². The van der Waals surface area contributed by atoms with E-state index in [2.05, 4.69) is 46.8 Å². The Kier molecular flexibility index (Phi) is 4.23. The summed E-state index contributed by atoms with van der Waals surface area (Å²) in [5, 5.41) is 10.3. The molecule has 2 rings (SSSR count). The number of phenolic OH excluding ortho intramolecular Hbond substituents is 1. The van der Waals surface area contributed by atoms with Crippen LogP contribution in [-0.2, 0) is 17.3 Å². The monoisotopic (exact) mass is 297 g/mol. The van der Waals surface area contributed by atoms with E-state index in [1.807, 2.05) is 30.3 Å². The fraction of sp³-hybridized carbons (Fsp3) is 0.400. The highest BCUT2D eigenvalue weighted by Gasteiger charge is 2.24. The quantitative estimate of drug-likeness (QED) is 0.800. The Morgan fingerprint density at radius 2 is 1.55 bits per heavy atom. The number of nitrogen functional groups attached to an aromatic ring is 1. The van der Waals surface area contributed by atoms with E-state index in [0.717, 1.165) is 28.8 Å². The van der Waals surface area contributed by atoms with Crippen LogP contribution in [0.3, 0.4) is 0 Å². The number of nitrogens with two attached hydrogens (primary N) is 1. The number of phenols is 1. The number of anilines is 1. The molecule has 0 amide bonds. The molecule has 2 heteroatoms. The number of hydrogen-bond acceptors (Lipinski definition) is 2. The van der Waals surface area contributed by atoms with Gasteiger partial charge in [-0.2, -0.15) is 0 Å². The molecule has 0 aromatic heterocycles. The Morgan fingerprint density at radius 1 is 0.909 bits per heavy atom. The van der Waals surface area contributed by atoms with E-state index in [0.29, 0.717) is 5.75 Å². The Morgan fingerprint density at radius 3 is 2.09 bits per heavy atom. The maximum absolute atomic E-state index is 10.3. The standard InChI is InChI=1S/C20H27NO/c1-19(2,3)16-11-10-14(12-18(16)22)13-20(4,5)15-8-6-7-9-17(15)21/h6-12,22H,13,21H2,1-5H3. The van der Waals surface area contributed by atoms with Crippen molar-refractivity contribution >= 4 is 5.69 Å². The fourth-order valence-corrected chi connectivity index (χ4v) is 3.04. The van der Waals surface area contributed by atoms with Crippen molar-refractivity contribution in [3.63, 3.8) is 0 Å². The molecule has 0 spiro atoms. The number of benzene rings is 2. The molecule has 0 fully saturated rings. The number of aromatic hydroxyl groups is 1. The Balaban J connectivity index is 2.31.